The number of benzene rings is 2. The Morgan fingerprint density at radius 1 is 1.04 bits per heavy atom. The summed E-state index contributed by atoms with van der Waals surface area (Å²) in [5.74, 6) is 0.0376. The van der Waals surface area contributed by atoms with Crippen LogP contribution < -0.4 is 14.4 Å². The third kappa shape index (κ3) is 5.27. The molecule has 0 aliphatic heterocycles. The van der Waals surface area contributed by atoms with Gasteiger partial charge in [0.25, 0.3) is 5.91 Å². The summed E-state index contributed by atoms with van der Waals surface area (Å²) in [5, 5.41) is 2.55. The van der Waals surface area contributed by atoms with Crippen molar-refractivity contribution in [1.29, 1.82) is 0 Å². The van der Waals surface area contributed by atoms with E-state index in [1.807, 2.05) is 12.1 Å². The summed E-state index contributed by atoms with van der Waals surface area (Å²) in [5.41, 5.74) is 0.580. The zero-order chi connectivity index (χ0) is 17.4. The van der Waals surface area contributed by atoms with Crippen molar-refractivity contribution in [2.45, 2.75) is 0 Å². The topological polar surface area (TPSA) is 75.7 Å². The number of nitrogens with zero attached hydrogens (tertiary/aromatic N) is 1. The number of hydrogen-bond donors (Lipinski definition) is 1. The zero-order valence-electron chi connectivity index (χ0n) is 13.4. The summed E-state index contributed by atoms with van der Waals surface area (Å²) < 4.78 is 31.0. The molecule has 0 aromatic heterocycles. The van der Waals surface area contributed by atoms with Gasteiger partial charge in [-0.3, -0.25) is 9.10 Å². The number of amides is 1. The van der Waals surface area contributed by atoms with Crippen LogP contribution >= 0.6 is 0 Å². The van der Waals surface area contributed by atoms with E-state index in [0.717, 1.165) is 0 Å². The van der Waals surface area contributed by atoms with E-state index in [4.69, 9.17) is 4.74 Å². The maximum absolute atomic E-state index is 12.2. The van der Waals surface area contributed by atoms with E-state index in [2.05, 4.69) is 5.32 Å². The summed E-state index contributed by atoms with van der Waals surface area (Å²) in [6.45, 7) is -0.130. The Morgan fingerprint density at radius 3 is 2.25 bits per heavy atom. The van der Waals surface area contributed by atoms with E-state index in [1.54, 1.807) is 48.5 Å². The average Bonchev–Trinajstić information content (AvgIpc) is 2.61. The molecule has 0 radical (unpaired) electrons. The lowest BCUT2D eigenvalue weighted by Gasteiger charge is -2.19. The summed E-state index contributed by atoms with van der Waals surface area (Å²) in [7, 11) is -2.01. The highest BCUT2D eigenvalue weighted by Gasteiger charge is 2.18. The standard InChI is InChI=1S/C17H20N2O4S/c1-19(15-8-4-2-5-9-15)24(21,22)13-12-18-17(20)14-23-16-10-6-3-7-11-16/h2-11H,12-14H2,1H3,(H,18,20). The summed E-state index contributed by atoms with van der Waals surface area (Å²) in [4.78, 5) is 11.7. The first-order chi connectivity index (χ1) is 11.5. The van der Waals surface area contributed by atoms with Gasteiger partial charge in [0, 0.05) is 13.6 Å². The van der Waals surface area contributed by atoms with Gasteiger partial charge in [0.2, 0.25) is 10.0 Å². The minimum atomic E-state index is -3.50. The van der Waals surface area contributed by atoms with Crippen LogP contribution in [-0.4, -0.2) is 40.3 Å². The summed E-state index contributed by atoms with van der Waals surface area (Å²) in [6.07, 6.45) is 0. The molecule has 0 spiro atoms. The van der Waals surface area contributed by atoms with Crippen molar-refractivity contribution in [2.24, 2.45) is 0 Å². The van der Waals surface area contributed by atoms with Crippen LogP contribution in [0.15, 0.2) is 60.7 Å². The number of para-hydroxylation sites is 2. The Morgan fingerprint density at radius 2 is 1.62 bits per heavy atom. The maximum atomic E-state index is 12.2. The van der Waals surface area contributed by atoms with Crippen LogP contribution in [0.2, 0.25) is 0 Å². The molecule has 1 N–H and O–H groups in total. The number of ether oxygens (including phenoxy) is 1. The molecule has 0 atom stereocenters. The number of anilines is 1. The first-order valence-corrected chi connectivity index (χ1v) is 9.06. The lowest BCUT2D eigenvalue weighted by atomic mass is 10.3. The number of rotatable bonds is 8. The predicted octanol–water partition coefficient (Wildman–Crippen LogP) is 1.65. The van der Waals surface area contributed by atoms with Gasteiger partial charge in [0.15, 0.2) is 6.61 Å². The van der Waals surface area contributed by atoms with E-state index >= 15 is 0 Å². The second-order valence-corrected chi connectivity index (χ2v) is 7.19. The van der Waals surface area contributed by atoms with Crippen molar-refractivity contribution in [3.8, 4) is 5.75 Å². The lowest BCUT2D eigenvalue weighted by Crippen LogP contribution is -2.37. The van der Waals surface area contributed by atoms with Gasteiger partial charge in [-0.05, 0) is 24.3 Å². The van der Waals surface area contributed by atoms with Crippen molar-refractivity contribution in [2.75, 3.05) is 30.3 Å². The number of carbonyl (C=O) groups is 1. The van der Waals surface area contributed by atoms with Gasteiger partial charge in [0.1, 0.15) is 5.75 Å². The Labute approximate surface area is 142 Å². The van der Waals surface area contributed by atoms with Gasteiger partial charge >= 0.3 is 0 Å². The van der Waals surface area contributed by atoms with Gasteiger partial charge in [-0.1, -0.05) is 36.4 Å². The van der Waals surface area contributed by atoms with E-state index in [9.17, 15) is 13.2 Å². The van der Waals surface area contributed by atoms with Crippen LogP contribution in [0.4, 0.5) is 5.69 Å². The van der Waals surface area contributed by atoms with Crippen molar-refractivity contribution >= 4 is 21.6 Å². The smallest absolute Gasteiger partial charge is 0.257 e. The summed E-state index contributed by atoms with van der Waals surface area (Å²) in [6, 6.07) is 17.7. The quantitative estimate of drug-likeness (QED) is 0.787. The number of sulfonamides is 1. The van der Waals surface area contributed by atoms with Gasteiger partial charge in [-0.2, -0.15) is 0 Å². The van der Waals surface area contributed by atoms with Gasteiger partial charge in [-0.15, -0.1) is 0 Å². The Kier molecular flexibility index (Phi) is 6.20. The van der Waals surface area contributed by atoms with E-state index in [-0.39, 0.29) is 24.8 Å². The fourth-order valence-corrected chi connectivity index (χ4v) is 3.05. The van der Waals surface area contributed by atoms with Gasteiger partial charge in [-0.25, -0.2) is 8.42 Å². The largest absolute Gasteiger partial charge is 0.484 e. The highest BCUT2D eigenvalue weighted by Crippen LogP contribution is 2.15. The molecule has 0 saturated carbocycles. The molecule has 7 heteroatoms. The Bertz CT molecular complexity index is 749. The minimum Gasteiger partial charge on any atom is -0.484 e. The maximum Gasteiger partial charge on any atom is 0.257 e. The molecule has 0 aliphatic rings. The Hall–Kier alpha value is -2.54. The Balaban J connectivity index is 1.77. The molecular formula is C17H20N2O4S. The van der Waals surface area contributed by atoms with E-state index < -0.39 is 10.0 Å². The van der Waals surface area contributed by atoms with Gasteiger partial charge < -0.3 is 10.1 Å². The van der Waals surface area contributed by atoms with Crippen LogP contribution in [0.1, 0.15) is 0 Å². The third-order valence-electron chi connectivity index (χ3n) is 3.33. The minimum absolute atomic E-state index is 0.0243. The molecule has 2 aromatic carbocycles. The fourth-order valence-electron chi connectivity index (χ4n) is 1.97. The van der Waals surface area contributed by atoms with Crippen LogP contribution in [0.25, 0.3) is 0 Å². The summed E-state index contributed by atoms with van der Waals surface area (Å²) >= 11 is 0. The number of hydrogen-bond acceptors (Lipinski definition) is 4. The second kappa shape index (κ2) is 8.35. The molecule has 2 rings (SSSR count). The highest BCUT2D eigenvalue weighted by atomic mass is 32.2. The van der Waals surface area contributed by atoms with Crippen LogP contribution in [0.3, 0.4) is 0 Å². The first-order valence-electron chi connectivity index (χ1n) is 7.45. The fraction of sp³-hybridized carbons (Fsp3) is 0.235. The average molecular weight is 348 g/mol. The molecule has 1 amide bonds. The number of nitrogens with one attached hydrogen (secondary N) is 1. The molecule has 0 bridgehead atoms. The monoisotopic (exact) mass is 348 g/mol. The highest BCUT2D eigenvalue weighted by molar-refractivity contribution is 7.92. The molecule has 2 aromatic rings. The molecular weight excluding hydrogens is 328 g/mol. The van der Waals surface area contributed by atoms with Gasteiger partial charge in [0.05, 0.1) is 11.4 Å². The molecule has 0 saturated heterocycles. The first kappa shape index (κ1) is 17.8. The van der Waals surface area contributed by atoms with Crippen molar-refractivity contribution < 1.29 is 17.9 Å². The van der Waals surface area contributed by atoms with Crippen molar-refractivity contribution in [1.82, 2.24) is 5.32 Å². The van der Waals surface area contributed by atoms with E-state index in [1.165, 1.54) is 11.4 Å². The molecule has 6 nitrogen and oxygen atoms in total. The normalized spacial score (nSPS) is 10.9. The van der Waals surface area contributed by atoms with Crippen LogP contribution in [-0.2, 0) is 14.8 Å². The molecule has 0 unspecified atom stereocenters. The molecule has 0 aliphatic carbocycles. The molecule has 0 fully saturated rings. The molecule has 0 heterocycles. The van der Waals surface area contributed by atoms with Crippen molar-refractivity contribution in [3.05, 3.63) is 60.7 Å². The van der Waals surface area contributed by atoms with Crippen molar-refractivity contribution in [3.63, 3.8) is 0 Å². The second-order valence-electron chi connectivity index (χ2n) is 5.07. The predicted molar refractivity (Wildman–Crippen MR) is 93.6 cm³/mol. The van der Waals surface area contributed by atoms with Crippen LogP contribution in [0, 0.1) is 0 Å². The molecule has 128 valence electrons. The zero-order valence-corrected chi connectivity index (χ0v) is 14.2. The van der Waals surface area contributed by atoms with Crippen LogP contribution in [0.5, 0.6) is 5.75 Å². The third-order valence-corrected chi connectivity index (χ3v) is 5.10. The lowest BCUT2D eigenvalue weighted by molar-refractivity contribution is -0.122. The van der Waals surface area contributed by atoms with E-state index in [0.29, 0.717) is 11.4 Å². The molecule has 24 heavy (non-hydrogen) atoms. The number of carbonyl (C=O) groups excluding carboxylic acids is 1. The SMILES string of the molecule is CN(c1ccccc1)S(=O)(=O)CCNC(=O)COc1ccccc1.